The van der Waals surface area contributed by atoms with Crippen molar-refractivity contribution >= 4 is 34.3 Å². The number of carbonyl (C=O) groups is 1. The molecule has 1 aromatic heterocycles. The molecule has 0 radical (unpaired) electrons. The summed E-state index contributed by atoms with van der Waals surface area (Å²) in [7, 11) is 0. The van der Waals surface area contributed by atoms with E-state index in [1.807, 2.05) is 49.4 Å². The summed E-state index contributed by atoms with van der Waals surface area (Å²) < 4.78 is 7.04. The summed E-state index contributed by atoms with van der Waals surface area (Å²) in [5.74, 6) is -0.0314. The van der Waals surface area contributed by atoms with Crippen molar-refractivity contribution in [1.82, 2.24) is 9.55 Å². The van der Waals surface area contributed by atoms with Crippen LogP contribution in [0.15, 0.2) is 64.5 Å². The standard InChI is InChI=1S/C24H26N4O3S/c1-2-31-17-9-16-28-23(30)20-12-6-7-13-21(20)26-24(28)32-18-22(29)27(15-8-14-25)19-10-4-3-5-11-19/h3-7,10-13H,2,8-9,15-18H2,1H3. The number of carbonyl (C=O) groups excluding carboxylic acids is 1. The highest BCUT2D eigenvalue weighted by atomic mass is 32.2. The van der Waals surface area contributed by atoms with Crippen LogP contribution in [-0.2, 0) is 16.1 Å². The summed E-state index contributed by atoms with van der Waals surface area (Å²) in [5, 5.41) is 10.0. The Morgan fingerprint density at radius 2 is 1.94 bits per heavy atom. The molecule has 1 amide bonds. The third kappa shape index (κ3) is 5.96. The monoisotopic (exact) mass is 450 g/mol. The van der Waals surface area contributed by atoms with Gasteiger partial charge in [-0.25, -0.2) is 4.98 Å². The number of fused-ring (bicyclic) bond motifs is 1. The Balaban J connectivity index is 1.83. The zero-order chi connectivity index (χ0) is 22.8. The zero-order valence-corrected chi connectivity index (χ0v) is 18.9. The van der Waals surface area contributed by atoms with Crippen LogP contribution in [0.4, 0.5) is 5.69 Å². The van der Waals surface area contributed by atoms with Gasteiger partial charge < -0.3 is 9.64 Å². The Hall–Kier alpha value is -3.15. The maximum atomic E-state index is 13.1. The first-order valence-corrected chi connectivity index (χ1v) is 11.6. The molecule has 0 N–H and O–H groups in total. The van der Waals surface area contributed by atoms with E-state index in [1.54, 1.807) is 21.6 Å². The molecule has 0 unspecified atom stereocenters. The van der Waals surface area contributed by atoms with Crippen LogP contribution in [0.5, 0.6) is 0 Å². The van der Waals surface area contributed by atoms with E-state index in [0.717, 1.165) is 5.69 Å². The molecule has 166 valence electrons. The van der Waals surface area contributed by atoms with Crippen molar-refractivity contribution in [2.45, 2.75) is 31.5 Å². The van der Waals surface area contributed by atoms with Gasteiger partial charge in [0, 0.05) is 32.0 Å². The molecule has 0 saturated heterocycles. The quantitative estimate of drug-likeness (QED) is 0.250. The van der Waals surface area contributed by atoms with Gasteiger partial charge in [0.2, 0.25) is 5.91 Å². The molecule has 0 spiro atoms. The number of hydrogen-bond donors (Lipinski definition) is 0. The second-order valence-corrected chi connectivity index (χ2v) is 7.94. The number of hydrogen-bond acceptors (Lipinski definition) is 6. The molecule has 0 aliphatic rings. The van der Waals surface area contributed by atoms with Crippen molar-refractivity contribution < 1.29 is 9.53 Å². The lowest BCUT2D eigenvalue weighted by Gasteiger charge is -2.22. The number of rotatable bonds is 11. The van der Waals surface area contributed by atoms with E-state index < -0.39 is 0 Å². The normalized spacial score (nSPS) is 10.8. The van der Waals surface area contributed by atoms with E-state index in [4.69, 9.17) is 10.00 Å². The fraction of sp³-hybridized carbons (Fsp3) is 0.333. The topological polar surface area (TPSA) is 88.2 Å². The van der Waals surface area contributed by atoms with Gasteiger partial charge in [0.15, 0.2) is 5.16 Å². The van der Waals surface area contributed by atoms with Crippen molar-refractivity contribution in [2.24, 2.45) is 0 Å². The molecule has 0 atom stereocenters. The highest BCUT2D eigenvalue weighted by Crippen LogP contribution is 2.21. The maximum Gasteiger partial charge on any atom is 0.262 e. The van der Waals surface area contributed by atoms with Gasteiger partial charge in [-0.05, 0) is 37.6 Å². The number of ether oxygens (including phenoxy) is 1. The molecule has 3 aromatic rings. The molecule has 0 aliphatic carbocycles. The summed E-state index contributed by atoms with van der Waals surface area (Å²) in [6.07, 6.45) is 0.912. The first kappa shape index (κ1) is 23.5. The molecule has 7 nitrogen and oxygen atoms in total. The summed E-state index contributed by atoms with van der Waals surface area (Å²) in [5.41, 5.74) is 1.23. The minimum atomic E-state index is -0.139. The molecule has 0 bridgehead atoms. The van der Waals surface area contributed by atoms with Gasteiger partial charge in [-0.1, -0.05) is 42.1 Å². The Kier molecular flexibility index (Phi) is 8.84. The van der Waals surface area contributed by atoms with Crippen LogP contribution in [0.3, 0.4) is 0 Å². The number of aromatic nitrogens is 2. The first-order chi connectivity index (χ1) is 15.7. The van der Waals surface area contributed by atoms with E-state index in [9.17, 15) is 9.59 Å². The average Bonchev–Trinajstić information content (AvgIpc) is 2.82. The minimum Gasteiger partial charge on any atom is -0.382 e. The lowest BCUT2D eigenvalue weighted by molar-refractivity contribution is -0.116. The van der Waals surface area contributed by atoms with Gasteiger partial charge in [-0.3, -0.25) is 14.2 Å². The molecule has 0 aliphatic heterocycles. The Labute approximate surface area is 191 Å². The van der Waals surface area contributed by atoms with Crippen LogP contribution in [-0.4, -0.2) is 41.0 Å². The second-order valence-electron chi connectivity index (χ2n) is 7.00. The highest BCUT2D eigenvalue weighted by Gasteiger charge is 2.18. The molecule has 0 saturated carbocycles. The third-order valence-electron chi connectivity index (χ3n) is 4.84. The Morgan fingerprint density at radius 3 is 2.69 bits per heavy atom. The number of nitriles is 1. The number of amides is 1. The largest absolute Gasteiger partial charge is 0.382 e. The van der Waals surface area contributed by atoms with Crippen molar-refractivity contribution in [3.05, 3.63) is 65.0 Å². The van der Waals surface area contributed by atoms with Gasteiger partial charge >= 0.3 is 0 Å². The zero-order valence-electron chi connectivity index (χ0n) is 18.1. The number of thioether (sulfide) groups is 1. The fourth-order valence-electron chi connectivity index (χ4n) is 3.30. The molecule has 3 rings (SSSR count). The summed E-state index contributed by atoms with van der Waals surface area (Å²) in [4.78, 5) is 32.4. The third-order valence-corrected chi connectivity index (χ3v) is 5.80. The smallest absolute Gasteiger partial charge is 0.262 e. The molecular formula is C24H26N4O3S. The summed E-state index contributed by atoms with van der Waals surface area (Å²) in [6.45, 7) is 3.88. The number of anilines is 1. The highest BCUT2D eigenvalue weighted by molar-refractivity contribution is 7.99. The predicted molar refractivity (Wildman–Crippen MR) is 127 cm³/mol. The molecule has 0 fully saturated rings. The molecular weight excluding hydrogens is 424 g/mol. The molecule has 32 heavy (non-hydrogen) atoms. The van der Waals surface area contributed by atoms with Crippen LogP contribution >= 0.6 is 11.8 Å². The predicted octanol–water partition coefficient (Wildman–Crippen LogP) is 3.86. The van der Waals surface area contributed by atoms with Crippen molar-refractivity contribution in [3.8, 4) is 6.07 Å². The minimum absolute atomic E-state index is 0.108. The van der Waals surface area contributed by atoms with E-state index in [0.29, 0.717) is 48.8 Å². The second kappa shape index (κ2) is 12.0. The summed E-state index contributed by atoms with van der Waals surface area (Å²) >= 11 is 1.24. The lowest BCUT2D eigenvalue weighted by atomic mass is 10.2. The van der Waals surface area contributed by atoms with Gasteiger partial charge in [-0.2, -0.15) is 5.26 Å². The number of benzene rings is 2. The van der Waals surface area contributed by atoms with Gasteiger partial charge in [0.25, 0.3) is 5.56 Å². The van der Waals surface area contributed by atoms with Crippen LogP contribution in [0, 0.1) is 11.3 Å². The molecule has 1 heterocycles. The van der Waals surface area contributed by atoms with Crippen LogP contribution in [0.25, 0.3) is 10.9 Å². The van der Waals surface area contributed by atoms with Gasteiger partial charge in [0.1, 0.15) is 0 Å². The van der Waals surface area contributed by atoms with Gasteiger partial charge in [0.05, 0.1) is 29.1 Å². The van der Waals surface area contributed by atoms with E-state index >= 15 is 0 Å². The van der Waals surface area contributed by atoms with Crippen molar-refractivity contribution in [1.29, 1.82) is 5.26 Å². The fourth-order valence-corrected chi connectivity index (χ4v) is 4.20. The Bertz CT molecular complexity index is 1140. The van der Waals surface area contributed by atoms with E-state index in [1.165, 1.54) is 11.8 Å². The number of nitrogens with zero attached hydrogens (tertiary/aromatic N) is 4. The molecule has 8 heteroatoms. The van der Waals surface area contributed by atoms with Crippen molar-refractivity contribution in [2.75, 3.05) is 30.4 Å². The first-order valence-electron chi connectivity index (χ1n) is 10.6. The van der Waals surface area contributed by atoms with Crippen LogP contribution in [0.1, 0.15) is 19.8 Å². The lowest BCUT2D eigenvalue weighted by Crippen LogP contribution is -2.33. The van der Waals surface area contributed by atoms with Crippen LogP contribution < -0.4 is 10.5 Å². The maximum absolute atomic E-state index is 13.1. The Morgan fingerprint density at radius 1 is 1.19 bits per heavy atom. The van der Waals surface area contributed by atoms with Gasteiger partial charge in [-0.15, -0.1) is 0 Å². The van der Waals surface area contributed by atoms with Crippen molar-refractivity contribution in [3.63, 3.8) is 0 Å². The SMILES string of the molecule is CCOCCCn1c(SCC(=O)N(CCC#N)c2ccccc2)nc2ccccc2c1=O. The van der Waals surface area contributed by atoms with E-state index in [-0.39, 0.29) is 23.6 Å². The number of para-hydroxylation sites is 2. The van der Waals surface area contributed by atoms with Crippen LogP contribution in [0.2, 0.25) is 0 Å². The average molecular weight is 451 g/mol. The summed E-state index contributed by atoms with van der Waals surface area (Å²) in [6, 6.07) is 18.6. The molecule has 2 aromatic carbocycles. The van der Waals surface area contributed by atoms with E-state index in [2.05, 4.69) is 11.1 Å².